The van der Waals surface area contributed by atoms with Gasteiger partial charge >= 0.3 is 0 Å². The quantitative estimate of drug-likeness (QED) is 0.806. The Morgan fingerprint density at radius 1 is 1.00 bits per heavy atom. The van der Waals surface area contributed by atoms with Gasteiger partial charge in [0.05, 0.1) is 0 Å². The van der Waals surface area contributed by atoms with Gasteiger partial charge in [-0.05, 0) is 24.3 Å². The summed E-state index contributed by atoms with van der Waals surface area (Å²) < 4.78 is 0. The van der Waals surface area contributed by atoms with Crippen LogP contribution < -0.4 is 0 Å². The number of nitrogens with zero attached hydrogens (tertiary/aromatic N) is 2. The normalized spacial score (nSPS) is 15.4. The molecule has 0 aliphatic carbocycles. The van der Waals surface area contributed by atoms with Gasteiger partial charge in [0.25, 0.3) is 5.91 Å². The van der Waals surface area contributed by atoms with Crippen LogP contribution in [0.25, 0.3) is 0 Å². The highest BCUT2D eigenvalue weighted by Gasteiger charge is 2.23. The summed E-state index contributed by atoms with van der Waals surface area (Å²) >= 11 is 1.79. The van der Waals surface area contributed by atoms with Crippen molar-refractivity contribution in [2.24, 2.45) is 0 Å². The Hall–Kier alpha value is -1.49. The third-order valence-corrected chi connectivity index (χ3v) is 4.50. The van der Waals surface area contributed by atoms with E-state index in [1.54, 1.807) is 23.6 Å². The van der Waals surface area contributed by atoms with E-state index in [0.29, 0.717) is 31.4 Å². The van der Waals surface area contributed by atoms with Crippen molar-refractivity contribution in [1.29, 1.82) is 0 Å². The Morgan fingerprint density at radius 3 is 2.00 bits per heavy atom. The molecule has 1 heterocycles. The smallest absolute Gasteiger partial charge is 0.253 e. The molecule has 5 heteroatoms. The number of thioether (sulfide) groups is 1. The van der Waals surface area contributed by atoms with Crippen molar-refractivity contribution < 1.29 is 9.59 Å². The van der Waals surface area contributed by atoms with Gasteiger partial charge in [-0.1, -0.05) is 13.8 Å². The van der Waals surface area contributed by atoms with E-state index in [4.69, 9.17) is 0 Å². The monoisotopic (exact) mass is 306 g/mol. The lowest BCUT2D eigenvalue weighted by molar-refractivity contribution is -0.130. The van der Waals surface area contributed by atoms with Crippen molar-refractivity contribution in [3.8, 4) is 0 Å². The number of piperazine rings is 1. The fourth-order valence-electron chi connectivity index (χ4n) is 2.36. The van der Waals surface area contributed by atoms with Crippen molar-refractivity contribution in [2.45, 2.75) is 30.9 Å². The van der Waals surface area contributed by atoms with E-state index in [-0.39, 0.29) is 11.8 Å². The lowest BCUT2D eigenvalue weighted by atomic mass is 10.2. The Balaban J connectivity index is 1.96. The summed E-state index contributed by atoms with van der Waals surface area (Å²) in [5, 5.41) is 0.534. The van der Waals surface area contributed by atoms with E-state index >= 15 is 0 Å². The molecule has 0 aromatic heterocycles. The SMILES string of the molecule is CC(=O)N1CCN(C(=O)c2ccc(SC(C)C)cc2)CC1. The summed E-state index contributed by atoms with van der Waals surface area (Å²) in [7, 11) is 0. The second-order valence-corrected chi connectivity index (χ2v) is 7.14. The zero-order valence-corrected chi connectivity index (χ0v) is 13.7. The molecule has 1 aromatic carbocycles. The number of benzene rings is 1. The molecule has 1 saturated heterocycles. The van der Waals surface area contributed by atoms with Gasteiger partial charge in [0.15, 0.2) is 0 Å². The molecule has 21 heavy (non-hydrogen) atoms. The number of carbonyl (C=O) groups excluding carboxylic acids is 2. The van der Waals surface area contributed by atoms with Crippen molar-refractivity contribution in [2.75, 3.05) is 26.2 Å². The van der Waals surface area contributed by atoms with Crippen molar-refractivity contribution >= 4 is 23.6 Å². The number of hydrogen-bond acceptors (Lipinski definition) is 3. The summed E-state index contributed by atoms with van der Waals surface area (Å²) in [6.07, 6.45) is 0. The van der Waals surface area contributed by atoms with E-state index in [2.05, 4.69) is 13.8 Å². The molecular formula is C16H22N2O2S. The highest BCUT2D eigenvalue weighted by Crippen LogP contribution is 2.23. The molecule has 0 saturated carbocycles. The van der Waals surface area contributed by atoms with Crippen LogP contribution in [0, 0.1) is 0 Å². The van der Waals surface area contributed by atoms with Gasteiger partial charge in [0.2, 0.25) is 5.91 Å². The van der Waals surface area contributed by atoms with Crippen LogP contribution in [0.5, 0.6) is 0 Å². The molecule has 1 aromatic rings. The molecule has 0 unspecified atom stereocenters. The summed E-state index contributed by atoms with van der Waals surface area (Å²) in [4.78, 5) is 28.5. The minimum Gasteiger partial charge on any atom is -0.339 e. The summed E-state index contributed by atoms with van der Waals surface area (Å²) in [5.74, 6) is 0.136. The predicted molar refractivity (Wildman–Crippen MR) is 85.6 cm³/mol. The minimum absolute atomic E-state index is 0.0549. The zero-order chi connectivity index (χ0) is 15.4. The fraction of sp³-hybridized carbons (Fsp3) is 0.500. The average Bonchev–Trinajstić information content (AvgIpc) is 2.47. The molecule has 2 amide bonds. The van der Waals surface area contributed by atoms with Crippen LogP contribution in [-0.4, -0.2) is 53.0 Å². The fourth-order valence-corrected chi connectivity index (χ4v) is 3.19. The highest BCUT2D eigenvalue weighted by atomic mass is 32.2. The Bertz CT molecular complexity index is 506. The first-order valence-electron chi connectivity index (χ1n) is 7.29. The van der Waals surface area contributed by atoms with Crippen LogP contribution in [0.15, 0.2) is 29.2 Å². The van der Waals surface area contributed by atoms with Gasteiger partial charge in [0.1, 0.15) is 0 Å². The molecule has 4 nitrogen and oxygen atoms in total. The maximum atomic E-state index is 12.4. The number of hydrogen-bond donors (Lipinski definition) is 0. The maximum absolute atomic E-state index is 12.4. The van der Waals surface area contributed by atoms with Crippen LogP contribution in [-0.2, 0) is 4.79 Å². The van der Waals surface area contributed by atoms with Crippen LogP contribution in [0.2, 0.25) is 0 Å². The first-order chi connectivity index (χ1) is 9.97. The molecule has 1 aliphatic heterocycles. The van der Waals surface area contributed by atoms with Crippen molar-refractivity contribution in [1.82, 2.24) is 9.80 Å². The van der Waals surface area contributed by atoms with Gasteiger partial charge < -0.3 is 9.80 Å². The molecule has 0 spiro atoms. The minimum atomic E-state index is 0.0549. The maximum Gasteiger partial charge on any atom is 0.253 e. The van der Waals surface area contributed by atoms with E-state index in [9.17, 15) is 9.59 Å². The zero-order valence-electron chi connectivity index (χ0n) is 12.8. The Morgan fingerprint density at radius 2 is 1.52 bits per heavy atom. The highest BCUT2D eigenvalue weighted by molar-refractivity contribution is 7.99. The third-order valence-electron chi connectivity index (χ3n) is 3.49. The van der Waals surface area contributed by atoms with E-state index in [1.165, 1.54) is 4.90 Å². The molecular weight excluding hydrogens is 284 g/mol. The number of amides is 2. The number of rotatable bonds is 3. The Labute approximate surface area is 130 Å². The predicted octanol–water partition coefficient (Wildman–Crippen LogP) is 2.49. The number of carbonyl (C=O) groups is 2. The van der Waals surface area contributed by atoms with Gasteiger partial charge in [-0.2, -0.15) is 0 Å². The van der Waals surface area contributed by atoms with Crippen molar-refractivity contribution in [3.63, 3.8) is 0 Å². The van der Waals surface area contributed by atoms with Crippen LogP contribution in [0.1, 0.15) is 31.1 Å². The van der Waals surface area contributed by atoms with Crippen molar-refractivity contribution in [3.05, 3.63) is 29.8 Å². The lowest BCUT2D eigenvalue weighted by Crippen LogP contribution is -2.50. The van der Waals surface area contributed by atoms with Gasteiger partial charge in [-0.25, -0.2) is 0 Å². The summed E-state index contributed by atoms with van der Waals surface area (Å²) in [6.45, 7) is 8.35. The van der Waals surface area contributed by atoms with Gasteiger partial charge in [-0.15, -0.1) is 11.8 Å². The summed E-state index contributed by atoms with van der Waals surface area (Å²) in [5.41, 5.74) is 0.722. The van der Waals surface area contributed by atoms with Crippen LogP contribution >= 0.6 is 11.8 Å². The van der Waals surface area contributed by atoms with Crippen LogP contribution in [0.3, 0.4) is 0 Å². The molecule has 2 rings (SSSR count). The average molecular weight is 306 g/mol. The molecule has 0 bridgehead atoms. The molecule has 1 fully saturated rings. The molecule has 0 atom stereocenters. The second kappa shape index (κ2) is 6.98. The van der Waals surface area contributed by atoms with E-state index in [0.717, 1.165) is 5.56 Å². The molecule has 0 N–H and O–H groups in total. The van der Waals surface area contributed by atoms with Gasteiger partial charge in [-0.3, -0.25) is 9.59 Å². The molecule has 0 radical (unpaired) electrons. The second-order valence-electron chi connectivity index (χ2n) is 5.49. The molecule has 1 aliphatic rings. The Kier molecular flexibility index (Phi) is 5.28. The van der Waals surface area contributed by atoms with Crippen LogP contribution in [0.4, 0.5) is 0 Å². The first kappa shape index (κ1) is 15.9. The largest absolute Gasteiger partial charge is 0.339 e. The third kappa shape index (κ3) is 4.24. The van der Waals surface area contributed by atoms with E-state index < -0.39 is 0 Å². The summed E-state index contributed by atoms with van der Waals surface area (Å²) in [6, 6.07) is 7.79. The lowest BCUT2D eigenvalue weighted by Gasteiger charge is -2.34. The standard InChI is InChI=1S/C16H22N2O2S/c1-12(2)21-15-6-4-14(5-7-15)16(20)18-10-8-17(9-11-18)13(3)19/h4-7,12H,8-11H2,1-3H3. The first-order valence-corrected chi connectivity index (χ1v) is 8.17. The van der Waals surface area contributed by atoms with E-state index in [1.807, 2.05) is 29.2 Å². The van der Waals surface area contributed by atoms with Gasteiger partial charge in [0, 0.05) is 48.8 Å². The topological polar surface area (TPSA) is 40.6 Å². The molecule has 114 valence electrons.